The molecular weight excluding hydrogens is 179 g/mol. The van der Waals surface area contributed by atoms with E-state index in [0.29, 0.717) is 12.8 Å². The summed E-state index contributed by atoms with van der Waals surface area (Å²) in [6, 6.07) is 0. The number of aliphatic carboxylic acids is 1. The number of ether oxygens (including phenoxy) is 1. The molecule has 1 saturated carbocycles. The van der Waals surface area contributed by atoms with Crippen LogP contribution in [0, 0.1) is 11.8 Å². The van der Waals surface area contributed by atoms with Crippen molar-refractivity contribution in [3.8, 4) is 0 Å². The van der Waals surface area contributed by atoms with E-state index in [2.05, 4.69) is 4.74 Å². The van der Waals surface area contributed by atoms with Crippen molar-refractivity contribution >= 4 is 11.9 Å². The first kappa shape index (κ1) is 13.5. The molecule has 0 bridgehead atoms. The number of hydrogen-bond acceptors (Lipinski definition) is 4. The number of carbonyl (C=O) groups is 2. The van der Waals surface area contributed by atoms with E-state index >= 15 is 0 Å². The second kappa shape index (κ2) is 6.10. The summed E-state index contributed by atoms with van der Waals surface area (Å²) in [5, 5.41) is 10.7. The topological polar surface area (TPSA) is 66.4 Å². The van der Waals surface area contributed by atoms with Crippen LogP contribution in [0.2, 0.25) is 0 Å². The minimum absolute atomic E-state index is 0. The van der Waals surface area contributed by atoms with E-state index in [1.807, 2.05) is 0 Å². The van der Waals surface area contributed by atoms with Crippen molar-refractivity contribution in [2.45, 2.75) is 25.7 Å². The van der Waals surface area contributed by atoms with Gasteiger partial charge in [0.15, 0.2) is 0 Å². The SMILES string of the molecule is COC(=O)C1CCCCC1C(=O)[O-].[Li+]. The molecule has 14 heavy (non-hydrogen) atoms. The fraction of sp³-hybridized carbons (Fsp3) is 0.778. The van der Waals surface area contributed by atoms with Gasteiger partial charge in [-0.1, -0.05) is 12.8 Å². The number of carboxylic acid groups (broad SMARTS) is 1. The molecule has 0 aromatic heterocycles. The normalized spacial score (nSPS) is 26.1. The molecule has 0 aliphatic heterocycles. The maximum atomic E-state index is 11.2. The van der Waals surface area contributed by atoms with Crippen molar-refractivity contribution in [2.75, 3.05) is 7.11 Å². The molecular formula is C9H13LiO4. The zero-order chi connectivity index (χ0) is 9.84. The number of methoxy groups -OCH3 is 1. The molecule has 0 N–H and O–H groups in total. The summed E-state index contributed by atoms with van der Waals surface area (Å²) in [5.74, 6) is -2.70. The molecule has 1 fully saturated rings. The van der Waals surface area contributed by atoms with Gasteiger partial charge in [-0.15, -0.1) is 0 Å². The molecule has 0 heterocycles. The van der Waals surface area contributed by atoms with E-state index in [1.165, 1.54) is 7.11 Å². The van der Waals surface area contributed by atoms with Crippen molar-refractivity contribution in [2.24, 2.45) is 11.8 Å². The van der Waals surface area contributed by atoms with E-state index in [1.54, 1.807) is 0 Å². The molecule has 1 aliphatic carbocycles. The summed E-state index contributed by atoms with van der Waals surface area (Å²) < 4.78 is 4.54. The van der Waals surface area contributed by atoms with Crippen LogP contribution in [-0.4, -0.2) is 19.0 Å². The second-order valence-corrected chi connectivity index (χ2v) is 3.34. The Balaban J connectivity index is 0.00000169. The largest absolute Gasteiger partial charge is 1.00 e. The maximum Gasteiger partial charge on any atom is 1.00 e. The first-order chi connectivity index (χ1) is 6.16. The number of carboxylic acids is 1. The Hall–Kier alpha value is -0.463. The van der Waals surface area contributed by atoms with Crippen LogP contribution >= 0.6 is 0 Å². The Morgan fingerprint density at radius 3 is 2.14 bits per heavy atom. The molecule has 5 heteroatoms. The zero-order valence-corrected chi connectivity index (χ0v) is 8.62. The molecule has 2 atom stereocenters. The van der Waals surface area contributed by atoms with Gasteiger partial charge >= 0.3 is 24.8 Å². The fourth-order valence-electron chi connectivity index (χ4n) is 1.85. The van der Waals surface area contributed by atoms with Crippen LogP contribution in [0.15, 0.2) is 0 Å². The molecule has 0 aromatic rings. The average molecular weight is 192 g/mol. The molecule has 0 spiro atoms. The first-order valence-corrected chi connectivity index (χ1v) is 4.45. The summed E-state index contributed by atoms with van der Waals surface area (Å²) in [7, 11) is 1.28. The zero-order valence-electron chi connectivity index (χ0n) is 8.62. The van der Waals surface area contributed by atoms with Gasteiger partial charge in [0.1, 0.15) is 0 Å². The predicted octanol–water partition coefficient (Wildman–Crippen LogP) is -3.28. The van der Waals surface area contributed by atoms with Crippen LogP contribution in [0.5, 0.6) is 0 Å². The van der Waals surface area contributed by atoms with Crippen LogP contribution in [-0.2, 0) is 14.3 Å². The Morgan fingerprint density at radius 2 is 1.71 bits per heavy atom. The van der Waals surface area contributed by atoms with Gasteiger partial charge in [0, 0.05) is 11.9 Å². The minimum Gasteiger partial charge on any atom is -0.550 e. The maximum absolute atomic E-state index is 11.2. The Morgan fingerprint density at radius 1 is 1.21 bits per heavy atom. The van der Waals surface area contributed by atoms with Crippen molar-refractivity contribution in [1.82, 2.24) is 0 Å². The molecule has 0 aromatic carbocycles. The van der Waals surface area contributed by atoms with Gasteiger partial charge in [0.2, 0.25) is 0 Å². The third-order valence-electron chi connectivity index (χ3n) is 2.57. The minimum atomic E-state index is -1.13. The summed E-state index contributed by atoms with van der Waals surface area (Å²) >= 11 is 0. The van der Waals surface area contributed by atoms with Crippen molar-refractivity contribution in [3.05, 3.63) is 0 Å². The molecule has 4 nitrogen and oxygen atoms in total. The van der Waals surface area contributed by atoms with Gasteiger partial charge in [-0.25, -0.2) is 0 Å². The van der Waals surface area contributed by atoms with E-state index in [0.717, 1.165) is 12.8 Å². The van der Waals surface area contributed by atoms with Gasteiger partial charge in [0.05, 0.1) is 13.0 Å². The van der Waals surface area contributed by atoms with E-state index in [9.17, 15) is 14.7 Å². The Kier molecular flexibility index (Phi) is 5.90. The predicted molar refractivity (Wildman–Crippen MR) is 42.5 cm³/mol. The van der Waals surface area contributed by atoms with Crippen molar-refractivity contribution < 1.29 is 38.3 Å². The number of rotatable bonds is 2. The molecule has 0 amide bonds. The molecule has 0 radical (unpaired) electrons. The Labute approximate surface area is 95.2 Å². The van der Waals surface area contributed by atoms with E-state index in [-0.39, 0.29) is 18.9 Å². The quantitative estimate of drug-likeness (QED) is 0.340. The van der Waals surface area contributed by atoms with Gasteiger partial charge in [-0.3, -0.25) is 4.79 Å². The summed E-state index contributed by atoms with van der Waals surface area (Å²) in [5.41, 5.74) is 0. The first-order valence-electron chi connectivity index (χ1n) is 4.45. The van der Waals surface area contributed by atoms with Gasteiger partial charge in [-0.2, -0.15) is 0 Å². The summed E-state index contributed by atoms with van der Waals surface area (Å²) in [6.07, 6.45) is 2.88. The Bertz CT molecular complexity index is 217. The van der Waals surface area contributed by atoms with Crippen LogP contribution in [0.3, 0.4) is 0 Å². The summed E-state index contributed by atoms with van der Waals surface area (Å²) in [6.45, 7) is 0. The standard InChI is InChI=1S/C9H14O4.Li/c1-13-9(12)7-5-3-2-4-6(7)8(10)11;/h6-7H,2-5H2,1H3,(H,10,11);/q;+1/p-1. The van der Waals surface area contributed by atoms with Gasteiger partial charge < -0.3 is 14.6 Å². The summed E-state index contributed by atoms with van der Waals surface area (Å²) in [4.78, 5) is 21.8. The van der Waals surface area contributed by atoms with E-state index in [4.69, 9.17) is 0 Å². The molecule has 74 valence electrons. The average Bonchev–Trinajstić information content (AvgIpc) is 2.16. The molecule has 2 unspecified atom stereocenters. The van der Waals surface area contributed by atoms with Crippen LogP contribution < -0.4 is 24.0 Å². The molecule has 0 saturated heterocycles. The van der Waals surface area contributed by atoms with Gasteiger partial charge in [-0.05, 0) is 12.8 Å². The number of esters is 1. The monoisotopic (exact) mass is 192 g/mol. The van der Waals surface area contributed by atoms with Crippen LogP contribution in [0.4, 0.5) is 0 Å². The number of carbonyl (C=O) groups excluding carboxylic acids is 2. The van der Waals surface area contributed by atoms with Crippen molar-refractivity contribution in [3.63, 3.8) is 0 Å². The molecule has 1 aliphatic rings. The number of hydrogen-bond donors (Lipinski definition) is 0. The van der Waals surface area contributed by atoms with Gasteiger partial charge in [0.25, 0.3) is 0 Å². The van der Waals surface area contributed by atoms with Crippen LogP contribution in [0.1, 0.15) is 25.7 Å². The molecule has 1 rings (SSSR count). The van der Waals surface area contributed by atoms with Crippen molar-refractivity contribution in [1.29, 1.82) is 0 Å². The fourth-order valence-corrected chi connectivity index (χ4v) is 1.85. The van der Waals surface area contributed by atoms with Crippen LogP contribution in [0.25, 0.3) is 0 Å². The second-order valence-electron chi connectivity index (χ2n) is 3.34. The van der Waals surface area contributed by atoms with E-state index < -0.39 is 23.8 Å². The third kappa shape index (κ3) is 3.04. The third-order valence-corrected chi connectivity index (χ3v) is 2.57. The smallest absolute Gasteiger partial charge is 0.550 e.